The van der Waals surface area contributed by atoms with E-state index in [0.29, 0.717) is 0 Å². The molecule has 0 aliphatic rings. The molecule has 0 aliphatic carbocycles. The van der Waals surface area contributed by atoms with Crippen molar-refractivity contribution in [1.82, 2.24) is 4.57 Å². The van der Waals surface area contributed by atoms with E-state index in [9.17, 15) is 0 Å². The van der Waals surface area contributed by atoms with E-state index in [2.05, 4.69) is 230 Å². The van der Waals surface area contributed by atoms with Crippen LogP contribution in [0, 0.1) is 0 Å². The van der Waals surface area contributed by atoms with Gasteiger partial charge in [-0.2, -0.15) is 0 Å². The summed E-state index contributed by atoms with van der Waals surface area (Å²) in [7, 11) is 0. The second-order valence-electron chi connectivity index (χ2n) is 15.0. The Morgan fingerprint density at radius 1 is 0.389 bits per heavy atom. The highest BCUT2D eigenvalue weighted by atomic mass is 15.1. The fourth-order valence-corrected chi connectivity index (χ4v) is 7.92. The molecule has 260 valence electrons. The number of anilines is 3. The quantitative estimate of drug-likeness (QED) is 0.161. The van der Waals surface area contributed by atoms with Gasteiger partial charge in [-0.1, -0.05) is 166 Å². The van der Waals surface area contributed by atoms with E-state index < -0.39 is 0 Å². The highest BCUT2D eigenvalue weighted by molar-refractivity contribution is 6.10. The molecule has 1 heterocycles. The Kier molecular flexibility index (Phi) is 8.44. The van der Waals surface area contributed by atoms with Crippen molar-refractivity contribution in [1.29, 1.82) is 0 Å². The molecule has 0 bridgehead atoms. The number of hydrogen-bond donors (Lipinski definition) is 0. The second kappa shape index (κ2) is 13.7. The largest absolute Gasteiger partial charge is 0.310 e. The first-order valence-corrected chi connectivity index (χ1v) is 18.8. The third-order valence-electron chi connectivity index (χ3n) is 10.5. The van der Waals surface area contributed by atoms with Crippen LogP contribution in [0.15, 0.2) is 200 Å². The van der Waals surface area contributed by atoms with Gasteiger partial charge in [-0.15, -0.1) is 0 Å². The fourth-order valence-electron chi connectivity index (χ4n) is 7.92. The molecule has 8 aromatic carbocycles. The molecule has 0 radical (unpaired) electrons. The Morgan fingerprint density at radius 3 is 1.59 bits per heavy atom. The predicted octanol–water partition coefficient (Wildman–Crippen LogP) is 14.6. The molecule has 54 heavy (non-hydrogen) atoms. The maximum Gasteiger partial charge on any atom is 0.0561 e. The lowest BCUT2D eigenvalue weighted by atomic mass is 9.82. The maximum absolute atomic E-state index is 2.45. The smallest absolute Gasteiger partial charge is 0.0561 e. The lowest BCUT2D eigenvalue weighted by Crippen LogP contribution is -2.19. The van der Waals surface area contributed by atoms with Gasteiger partial charge in [-0.25, -0.2) is 0 Å². The van der Waals surface area contributed by atoms with Crippen LogP contribution in [0.4, 0.5) is 17.1 Å². The zero-order valence-electron chi connectivity index (χ0n) is 30.9. The van der Waals surface area contributed by atoms with E-state index in [1.54, 1.807) is 0 Å². The number of benzene rings is 8. The van der Waals surface area contributed by atoms with E-state index >= 15 is 0 Å². The van der Waals surface area contributed by atoms with Crippen LogP contribution in [0.3, 0.4) is 0 Å². The maximum atomic E-state index is 2.45. The summed E-state index contributed by atoms with van der Waals surface area (Å²) in [6, 6.07) is 72.6. The van der Waals surface area contributed by atoms with Gasteiger partial charge in [0, 0.05) is 33.5 Å². The molecular formula is C52H42N2. The summed E-state index contributed by atoms with van der Waals surface area (Å²) in [5, 5.41) is 2.49. The molecule has 0 unspecified atom stereocenters. The van der Waals surface area contributed by atoms with Crippen molar-refractivity contribution in [3.05, 3.63) is 206 Å². The standard InChI is InChI=1S/C52H42N2/c1-52(2,3)48-35-40(45-24-14-13-23-44(45)39-19-9-5-10-20-39)29-34-50(48)53(42-30-27-38(28-31-42)37-17-7-4-8-18-37)43-32-33-47-46-25-15-16-26-49(46)54(51(47)36-43)41-21-11-6-12-22-41/h4-36H,1-3H3. The van der Waals surface area contributed by atoms with Crippen LogP contribution in [0.25, 0.3) is 60.9 Å². The van der Waals surface area contributed by atoms with Crippen LogP contribution in [0.5, 0.6) is 0 Å². The van der Waals surface area contributed by atoms with Crippen LogP contribution in [0.1, 0.15) is 26.3 Å². The van der Waals surface area contributed by atoms with Crippen LogP contribution in [-0.2, 0) is 5.41 Å². The fraction of sp³-hybridized carbons (Fsp3) is 0.0769. The molecule has 9 aromatic rings. The molecule has 2 heteroatoms. The molecule has 0 saturated heterocycles. The molecule has 0 spiro atoms. The number of para-hydroxylation sites is 2. The number of fused-ring (bicyclic) bond motifs is 3. The third kappa shape index (κ3) is 6.06. The summed E-state index contributed by atoms with van der Waals surface area (Å²) in [6.45, 7) is 6.98. The van der Waals surface area contributed by atoms with Gasteiger partial charge in [0.25, 0.3) is 0 Å². The minimum absolute atomic E-state index is 0.154. The lowest BCUT2D eigenvalue weighted by molar-refractivity contribution is 0.591. The number of nitrogens with zero attached hydrogens (tertiary/aromatic N) is 2. The van der Waals surface area contributed by atoms with Crippen molar-refractivity contribution < 1.29 is 0 Å². The van der Waals surface area contributed by atoms with Crippen molar-refractivity contribution >= 4 is 38.9 Å². The molecule has 9 rings (SSSR count). The van der Waals surface area contributed by atoms with E-state index in [0.717, 1.165) is 22.7 Å². The van der Waals surface area contributed by atoms with Gasteiger partial charge in [-0.05, 0) is 99.0 Å². The first-order valence-electron chi connectivity index (χ1n) is 18.8. The average Bonchev–Trinajstić information content (AvgIpc) is 3.55. The van der Waals surface area contributed by atoms with Crippen LogP contribution in [-0.4, -0.2) is 4.57 Å². The van der Waals surface area contributed by atoms with E-state index in [-0.39, 0.29) is 5.41 Å². The topological polar surface area (TPSA) is 8.17 Å². The summed E-state index contributed by atoms with van der Waals surface area (Å²) in [6.07, 6.45) is 0. The van der Waals surface area contributed by atoms with Crippen molar-refractivity contribution in [3.63, 3.8) is 0 Å². The SMILES string of the molecule is CC(C)(C)c1cc(-c2ccccc2-c2ccccc2)ccc1N(c1ccc(-c2ccccc2)cc1)c1ccc2c3ccccc3n(-c3ccccc3)c2c1. The summed E-state index contributed by atoms with van der Waals surface area (Å²) < 4.78 is 2.40. The zero-order valence-corrected chi connectivity index (χ0v) is 30.9. The van der Waals surface area contributed by atoms with E-state index in [1.807, 2.05) is 0 Å². The Bertz CT molecular complexity index is 2720. The molecule has 2 nitrogen and oxygen atoms in total. The summed E-state index contributed by atoms with van der Waals surface area (Å²) in [4.78, 5) is 2.45. The Labute approximate surface area is 318 Å². The Balaban J connectivity index is 1.27. The second-order valence-corrected chi connectivity index (χ2v) is 15.0. The van der Waals surface area contributed by atoms with Crippen LogP contribution < -0.4 is 4.90 Å². The Morgan fingerprint density at radius 2 is 0.907 bits per heavy atom. The van der Waals surface area contributed by atoms with Gasteiger partial charge in [0.05, 0.1) is 11.0 Å². The first kappa shape index (κ1) is 33.2. The van der Waals surface area contributed by atoms with Crippen molar-refractivity contribution in [3.8, 4) is 39.1 Å². The zero-order chi connectivity index (χ0) is 36.6. The van der Waals surface area contributed by atoms with Crippen LogP contribution in [0.2, 0.25) is 0 Å². The molecule has 0 amide bonds. The van der Waals surface area contributed by atoms with Gasteiger partial charge in [0.2, 0.25) is 0 Å². The number of aromatic nitrogens is 1. The molecule has 0 aliphatic heterocycles. The number of rotatable bonds is 7. The monoisotopic (exact) mass is 694 g/mol. The summed E-state index contributed by atoms with van der Waals surface area (Å²) >= 11 is 0. The highest BCUT2D eigenvalue weighted by Gasteiger charge is 2.26. The van der Waals surface area contributed by atoms with Gasteiger partial charge in [0.15, 0.2) is 0 Å². The molecule has 0 atom stereocenters. The van der Waals surface area contributed by atoms with E-state index in [1.165, 1.54) is 60.8 Å². The minimum atomic E-state index is -0.154. The van der Waals surface area contributed by atoms with Gasteiger partial charge in [0.1, 0.15) is 0 Å². The van der Waals surface area contributed by atoms with E-state index in [4.69, 9.17) is 0 Å². The average molecular weight is 695 g/mol. The lowest BCUT2D eigenvalue weighted by Gasteiger charge is -2.33. The van der Waals surface area contributed by atoms with Gasteiger partial charge >= 0.3 is 0 Å². The molecule has 1 aromatic heterocycles. The van der Waals surface area contributed by atoms with Crippen molar-refractivity contribution in [2.24, 2.45) is 0 Å². The predicted molar refractivity (Wildman–Crippen MR) is 230 cm³/mol. The van der Waals surface area contributed by atoms with Gasteiger partial charge < -0.3 is 9.47 Å². The molecule has 0 fully saturated rings. The van der Waals surface area contributed by atoms with Crippen molar-refractivity contribution in [2.45, 2.75) is 26.2 Å². The van der Waals surface area contributed by atoms with Crippen LogP contribution >= 0.6 is 0 Å². The van der Waals surface area contributed by atoms with Crippen molar-refractivity contribution in [2.75, 3.05) is 4.90 Å². The molecule has 0 N–H and O–H groups in total. The molecule has 0 saturated carbocycles. The normalized spacial score (nSPS) is 11.6. The summed E-state index contributed by atoms with van der Waals surface area (Å²) in [5.41, 5.74) is 15.3. The highest BCUT2D eigenvalue weighted by Crippen LogP contribution is 2.45. The first-order chi connectivity index (χ1) is 26.4. The minimum Gasteiger partial charge on any atom is -0.310 e. The Hall–Kier alpha value is -6.64. The number of hydrogen-bond acceptors (Lipinski definition) is 1. The third-order valence-corrected chi connectivity index (χ3v) is 10.5. The van der Waals surface area contributed by atoms with Gasteiger partial charge in [-0.3, -0.25) is 0 Å². The summed E-state index contributed by atoms with van der Waals surface area (Å²) in [5.74, 6) is 0. The molecular weight excluding hydrogens is 653 g/mol.